The van der Waals surface area contributed by atoms with E-state index in [9.17, 15) is 14.7 Å². The van der Waals surface area contributed by atoms with Crippen molar-refractivity contribution in [3.05, 3.63) is 53.6 Å². The van der Waals surface area contributed by atoms with Crippen LogP contribution in [0.1, 0.15) is 11.1 Å². The maximum absolute atomic E-state index is 12.8. The highest BCUT2D eigenvalue weighted by Crippen LogP contribution is 2.36. The summed E-state index contributed by atoms with van der Waals surface area (Å²) in [4.78, 5) is 26.0. The molecular weight excluding hydrogens is 422 g/mol. The van der Waals surface area contributed by atoms with Crippen molar-refractivity contribution in [3.8, 4) is 23.0 Å². The third kappa shape index (κ3) is 3.81. The third-order valence-electron chi connectivity index (χ3n) is 5.20. The Morgan fingerprint density at radius 1 is 1.10 bits per heavy atom. The average molecular weight is 439 g/mol. The van der Waals surface area contributed by atoms with Gasteiger partial charge in [0.25, 0.3) is 5.22 Å². The number of thioether (sulfide) groups is 1. The van der Waals surface area contributed by atoms with Gasteiger partial charge in [-0.15, -0.1) is 10.2 Å². The lowest BCUT2D eigenvalue weighted by Crippen LogP contribution is -2.49. The van der Waals surface area contributed by atoms with Gasteiger partial charge in [0.15, 0.2) is 11.5 Å². The summed E-state index contributed by atoms with van der Waals surface area (Å²) in [5, 5.41) is 17.8. The first-order valence-electron chi connectivity index (χ1n) is 9.54. The van der Waals surface area contributed by atoms with E-state index >= 15 is 0 Å². The molecule has 10 heteroatoms. The van der Waals surface area contributed by atoms with E-state index in [4.69, 9.17) is 13.9 Å². The second kappa shape index (κ2) is 7.95. The summed E-state index contributed by atoms with van der Waals surface area (Å²) in [6.07, 6.45) is 0.288. The Labute approximate surface area is 181 Å². The number of nitrogens with zero attached hydrogens (tertiary/aromatic N) is 3. The number of aliphatic carboxylic acids is 1. The fourth-order valence-corrected chi connectivity index (χ4v) is 4.28. The zero-order chi connectivity index (χ0) is 21.4. The highest BCUT2D eigenvalue weighted by atomic mass is 32.2. The summed E-state index contributed by atoms with van der Waals surface area (Å²) >= 11 is 1.08. The lowest BCUT2D eigenvalue weighted by molar-refractivity contribution is -0.150. The number of hydrogen-bond acceptors (Lipinski definition) is 8. The van der Waals surface area contributed by atoms with Crippen LogP contribution in [0, 0.1) is 0 Å². The Morgan fingerprint density at radius 3 is 2.74 bits per heavy atom. The number of amides is 1. The first-order chi connectivity index (χ1) is 15.1. The largest absolute Gasteiger partial charge is 0.480 e. The molecule has 5 rings (SSSR count). The van der Waals surface area contributed by atoms with Crippen molar-refractivity contribution in [3.63, 3.8) is 0 Å². The van der Waals surface area contributed by atoms with Crippen LogP contribution in [0.25, 0.3) is 11.5 Å². The number of fused-ring (bicyclic) bond motifs is 2. The third-order valence-corrected chi connectivity index (χ3v) is 6.00. The van der Waals surface area contributed by atoms with Crippen LogP contribution in [-0.4, -0.2) is 50.7 Å². The molecule has 2 aliphatic rings. The fourth-order valence-electron chi connectivity index (χ4n) is 3.63. The number of carboxylic acid groups (broad SMARTS) is 1. The molecule has 0 saturated carbocycles. The molecule has 9 nitrogen and oxygen atoms in total. The second-order valence-corrected chi connectivity index (χ2v) is 8.00. The van der Waals surface area contributed by atoms with Gasteiger partial charge in [-0.25, -0.2) is 4.79 Å². The standard InChI is InChI=1S/C21H17N3O6S/c25-18(24-9-14-4-2-1-3-12(14)7-15(24)20(26)27)10-31-21-23-22-19(30-21)13-5-6-16-17(8-13)29-11-28-16/h1-6,8,15H,7,9-11H2,(H,26,27)/t15-/m1/s1. The zero-order valence-electron chi connectivity index (χ0n) is 16.2. The molecule has 2 aliphatic heterocycles. The number of rotatable bonds is 5. The molecule has 0 radical (unpaired) electrons. The minimum atomic E-state index is -1.02. The van der Waals surface area contributed by atoms with E-state index < -0.39 is 12.0 Å². The van der Waals surface area contributed by atoms with Gasteiger partial charge in [0, 0.05) is 18.5 Å². The van der Waals surface area contributed by atoms with Crippen molar-refractivity contribution in [2.75, 3.05) is 12.5 Å². The highest BCUT2D eigenvalue weighted by molar-refractivity contribution is 7.99. The molecule has 1 N–H and O–H groups in total. The molecule has 0 bridgehead atoms. The van der Waals surface area contributed by atoms with Gasteiger partial charge in [-0.05, 0) is 29.3 Å². The summed E-state index contributed by atoms with van der Waals surface area (Å²) in [6.45, 7) is 0.433. The van der Waals surface area contributed by atoms with Crippen molar-refractivity contribution < 1.29 is 28.6 Å². The first kappa shape index (κ1) is 19.4. The molecule has 1 amide bonds. The SMILES string of the molecule is O=C(O)[C@H]1Cc2ccccc2CN1C(=O)CSc1nnc(-c2ccc3c(c2)OCO3)o1. The van der Waals surface area contributed by atoms with E-state index in [0.717, 1.165) is 22.9 Å². The van der Waals surface area contributed by atoms with Crippen LogP contribution in [0.5, 0.6) is 11.5 Å². The van der Waals surface area contributed by atoms with Crippen molar-refractivity contribution in [1.82, 2.24) is 15.1 Å². The van der Waals surface area contributed by atoms with Crippen LogP contribution in [0.15, 0.2) is 52.1 Å². The Morgan fingerprint density at radius 2 is 1.90 bits per heavy atom. The van der Waals surface area contributed by atoms with E-state index in [1.807, 2.05) is 24.3 Å². The van der Waals surface area contributed by atoms with Gasteiger partial charge in [-0.3, -0.25) is 4.79 Å². The van der Waals surface area contributed by atoms with Gasteiger partial charge >= 0.3 is 5.97 Å². The van der Waals surface area contributed by atoms with Gasteiger partial charge in [-0.1, -0.05) is 36.0 Å². The summed E-state index contributed by atoms with van der Waals surface area (Å²) < 4.78 is 16.3. The number of carbonyl (C=O) groups is 2. The van der Waals surface area contributed by atoms with E-state index in [1.165, 1.54) is 4.90 Å². The van der Waals surface area contributed by atoms with Crippen LogP contribution < -0.4 is 9.47 Å². The van der Waals surface area contributed by atoms with E-state index in [0.29, 0.717) is 23.0 Å². The number of carbonyl (C=O) groups excluding carboxylic acids is 1. The van der Waals surface area contributed by atoms with Crippen LogP contribution in [0.2, 0.25) is 0 Å². The first-order valence-corrected chi connectivity index (χ1v) is 10.5. The molecule has 0 saturated heterocycles. The summed E-state index contributed by atoms with van der Waals surface area (Å²) in [7, 11) is 0. The molecule has 2 aromatic carbocycles. The van der Waals surface area contributed by atoms with E-state index in [-0.39, 0.29) is 36.6 Å². The van der Waals surface area contributed by atoms with Crippen LogP contribution >= 0.6 is 11.8 Å². The van der Waals surface area contributed by atoms with Gasteiger partial charge in [0.2, 0.25) is 18.6 Å². The molecule has 0 fully saturated rings. The Hall–Kier alpha value is -3.53. The molecule has 3 aromatic rings. The van der Waals surface area contributed by atoms with Crippen molar-refractivity contribution in [2.24, 2.45) is 0 Å². The van der Waals surface area contributed by atoms with Crippen LogP contribution in [0.4, 0.5) is 0 Å². The van der Waals surface area contributed by atoms with Gasteiger partial charge < -0.3 is 23.9 Å². The molecular formula is C21H17N3O6S. The monoisotopic (exact) mass is 439 g/mol. The van der Waals surface area contributed by atoms with Crippen molar-refractivity contribution in [1.29, 1.82) is 0 Å². The zero-order valence-corrected chi connectivity index (χ0v) is 17.0. The molecule has 158 valence electrons. The molecule has 1 aromatic heterocycles. The van der Waals surface area contributed by atoms with Gasteiger partial charge in [0.05, 0.1) is 5.75 Å². The van der Waals surface area contributed by atoms with Crippen molar-refractivity contribution >= 4 is 23.6 Å². The number of benzene rings is 2. The van der Waals surface area contributed by atoms with Gasteiger partial charge in [0.1, 0.15) is 6.04 Å². The average Bonchev–Trinajstić information content (AvgIpc) is 3.45. The molecule has 3 heterocycles. The number of ether oxygens (including phenoxy) is 2. The summed E-state index contributed by atoms with van der Waals surface area (Å²) in [6, 6.07) is 12.0. The number of aromatic nitrogens is 2. The Kier molecular flexibility index (Phi) is 4.99. The fraction of sp³-hybridized carbons (Fsp3) is 0.238. The maximum atomic E-state index is 12.8. The Bertz CT molecular complexity index is 1160. The predicted octanol–water partition coefficient (Wildman–Crippen LogP) is 2.60. The quantitative estimate of drug-likeness (QED) is 0.599. The lowest BCUT2D eigenvalue weighted by atomic mass is 9.94. The maximum Gasteiger partial charge on any atom is 0.326 e. The van der Waals surface area contributed by atoms with Crippen LogP contribution in [0.3, 0.4) is 0 Å². The summed E-state index contributed by atoms with van der Waals surface area (Å²) in [5.41, 5.74) is 2.59. The number of hydrogen-bond donors (Lipinski definition) is 1. The predicted molar refractivity (Wildman–Crippen MR) is 109 cm³/mol. The normalized spacial score (nSPS) is 16.8. The lowest BCUT2D eigenvalue weighted by Gasteiger charge is -2.34. The topological polar surface area (TPSA) is 115 Å². The second-order valence-electron chi connectivity index (χ2n) is 7.08. The van der Waals surface area contributed by atoms with E-state index in [2.05, 4.69) is 10.2 Å². The van der Waals surface area contributed by atoms with Gasteiger partial charge in [-0.2, -0.15) is 0 Å². The van der Waals surface area contributed by atoms with Crippen molar-refractivity contribution in [2.45, 2.75) is 24.2 Å². The molecule has 31 heavy (non-hydrogen) atoms. The van der Waals surface area contributed by atoms with Crippen LogP contribution in [-0.2, 0) is 22.6 Å². The molecule has 0 unspecified atom stereocenters. The Balaban J connectivity index is 1.27. The molecule has 0 aliphatic carbocycles. The minimum Gasteiger partial charge on any atom is -0.480 e. The molecule has 0 spiro atoms. The molecule has 1 atom stereocenters. The minimum absolute atomic E-state index is 0.00524. The number of carboxylic acids is 1. The summed E-state index contributed by atoms with van der Waals surface area (Å²) in [5.74, 6) is 0.230. The highest BCUT2D eigenvalue weighted by Gasteiger charge is 2.34. The van der Waals surface area contributed by atoms with E-state index in [1.54, 1.807) is 18.2 Å². The smallest absolute Gasteiger partial charge is 0.326 e.